The lowest BCUT2D eigenvalue weighted by Crippen LogP contribution is -2.06. The zero-order chi connectivity index (χ0) is 19.9. The van der Waals surface area contributed by atoms with Crippen LogP contribution in [-0.4, -0.2) is 21.0 Å². The summed E-state index contributed by atoms with van der Waals surface area (Å²) < 4.78 is 0. The average molecular weight is 392 g/mol. The number of nitrogens with zero attached hydrogens (tertiary/aromatic N) is 2. The van der Waals surface area contributed by atoms with Crippen molar-refractivity contribution in [3.8, 4) is 0 Å². The Morgan fingerprint density at radius 2 is 2.00 bits per heavy atom. The summed E-state index contributed by atoms with van der Waals surface area (Å²) in [6.07, 6.45) is 3.00. The van der Waals surface area contributed by atoms with Gasteiger partial charge >= 0.3 is 0 Å². The van der Waals surface area contributed by atoms with Gasteiger partial charge in [0.15, 0.2) is 0 Å². The van der Waals surface area contributed by atoms with E-state index in [2.05, 4.69) is 27.2 Å². The molecule has 0 fully saturated rings. The van der Waals surface area contributed by atoms with Crippen LogP contribution in [0.25, 0.3) is 0 Å². The predicted molar refractivity (Wildman–Crippen MR) is 112 cm³/mol. The normalized spacial score (nSPS) is 10.4. The molecule has 3 N–H and O–H groups in total. The summed E-state index contributed by atoms with van der Waals surface area (Å²) >= 11 is 1.52. The lowest BCUT2D eigenvalue weighted by Gasteiger charge is -2.10. The minimum atomic E-state index is -0.243. The van der Waals surface area contributed by atoms with Crippen molar-refractivity contribution in [3.63, 3.8) is 0 Å². The molecule has 0 bridgehead atoms. The summed E-state index contributed by atoms with van der Waals surface area (Å²) in [4.78, 5) is 21.3. The van der Waals surface area contributed by atoms with E-state index < -0.39 is 0 Å². The number of benzene rings is 2. The molecule has 2 aromatic carbocycles. The van der Waals surface area contributed by atoms with Gasteiger partial charge < -0.3 is 15.7 Å². The van der Waals surface area contributed by atoms with E-state index in [1.807, 2.05) is 55.5 Å². The molecule has 1 amide bonds. The smallest absolute Gasteiger partial charge is 0.247 e. The fourth-order valence-electron chi connectivity index (χ4n) is 2.38. The summed E-state index contributed by atoms with van der Waals surface area (Å²) in [5, 5.41) is 16.0. The van der Waals surface area contributed by atoms with Crippen LogP contribution in [0, 0.1) is 6.92 Å². The monoisotopic (exact) mass is 392 g/mol. The Kier molecular flexibility index (Phi) is 6.41. The minimum absolute atomic E-state index is 0.0192. The van der Waals surface area contributed by atoms with Crippen molar-refractivity contribution >= 4 is 35.0 Å². The number of rotatable bonds is 7. The van der Waals surface area contributed by atoms with Crippen LogP contribution < -0.4 is 10.6 Å². The number of aromatic nitrogens is 2. The molecule has 0 atom stereocenters. The van der Waals surface area contributed by atoms with Gasteiger partial charge in [0.25, 0.3) is 0 Å². The van der Waals surface area contributed by atoms with E-state index >= 15 is 0 Å². The van der Waals surface area contributed by atoms with Crippen molar-refractivity contribution in [2.24, 2.45) is 0 Å². The zero-order valence-corrected chi connectivity index (χ0v) is 16.2. The van der Waals surface area contributed by atoms with Crippen LogP contribution in [0.15, 0.2) is 77.3 Å². The van der Waals surface area contributed by atoms with Crippen molar-refractivity contribution < 1.29 is 9.90 Å². The molecule has 3 aromatic rings. The van der Waals surface area contributed by atoms with E-state index in [1.54, 1.807) is 6.20 Å². The quantitative estimate of drug-likeness (QED) is 0.411. The fraction of sp³-hybridized carbons (Fsp3) is 0.0952. The van der Waals surface area contributed by atoms with Gasteiger partial charge in [-0.15, -0.1) is 0 Å². The summed E-state index contributed by atoms with van der Waals surface area (Å²) in [6.45, 7) is 5.38. The van der Waals surface area contributed by atoms with Crippen molar-refractivity contribution in [3.05, 3.63) is 78.5 Å². The van der Waals surface area contributed by atoms with E-state index in [4.69, 9.17) is 0 Å². The van der Waals surface area contributed by atoms with Crippen LogP contribution in [-0.2, 0) is 11.4 Å². The molecule has 1 aromatic heterocycles. The second-order valence-corrected chi connectivity index (χ2v) is 7.05. The number of anilines is 3. The van der Waals surface area contributed by atoms with Crippen LogP contribution in [0.5, 0.6) is 0 Å². The first-order valence-electron chi connectivity index (χ1n) is 8.59. The number of hydrogen-bond donors (Lipinski definition) is 3. The SMILES string of the molecule is C=CC(=O)Nc1ccc(Sc2nc(Nc3cccc(CO)c3)ncc2C)cc1. The molecule has 0 spiro atoms. The van der Waals surface area contributed by atoms with Crippen LogP contribution in [0.4, 0.5) is 17.3 Å². The maximum absolute atomic E-state index is 11.4. The molecule has 0 saturated heterocycles. The number of nitrogens with one attached hydrogen (secondary N) is 2. The van der Waals surface area contributed by atoms with E-state index in [-0.39, 0.29) is 12.5 Å². The number of aliphatic hydroxyl groups excluding tert-OH is 1. The topological polar surface area (TPSA) is 87.1 Å². The first-order valence-corrected chi connectivity index (χ1v) is 9.41. The van der Waals surface area contributed by atoms with Gasteiger partial charge in [-0.2, -0.15) is 0 Å². The number of hydrogen-bond acceptors (Lipinski definition) is 6. The van der Waals surface area contributed by atoms with Crippen molar-refractivity contribution in [1.82, 2.24) is 9.97 Å². The molecule has 0 aliphatic carbocycles. The fourth-order valence-corrected chi connectivity index (χ4v) is 3.22. The highest BCUT2D eigenvalue weighted by Gasteiger charge is 2.07. The first kappa shape index (κ1) is 19.6. The molecule has 0 saturated carbocycles. The number of aryl methyl sites for hydroxylation is 1. The van der Waals surface area contributed by atoms with Crippen molar-refractivity contribution in [2.75, 3.05) is 10.6 Å². The lowest BCUT2D eigenvalue weighted by molar-refractivity contribution is -0.111. The highest BCUT2D eigenvalue weighted by molar-refractivity contribution is 7.99. The number of aliphatic hydroxyl groups is 1. The Morgan fingerprint density at radius 1 is 1.21 bits per heavy atom. The molecule has 0 unspecified atom stereocenters. The van der Waals surface area contributed by atoms with Gasteiger partial charge in [0.1, 0.15) is 5.03 Å². The maximum Gasteiger partial charge on any atom is 0.247 e. The summed E-state index contributed by atoms with van der Waals surface area (Å²) in [7, 11) is 0. The van der Waals surface area contributed by atoms with Crippen LogP contribution >= 0.6 is 11.8 Å². The Morgan fingerprint density at radius 3 is 2.71 bits per heavy atom. The zero-order valence-electron chi connectivity index (χ0n) is 15.3. The summed E-state index contributed by atoms with van der Waals surface area (Å²) in [6, 6.07) is 15.0. The molecule has 6 nitrogen and oxygen atoms in total. The van der Waals surface area contributed by atoms with Crippen LogP contribution in [0.3, 0.4) is 0 Å². The maximum atomic E-state index is 11.4. The van der Waals surface area contributed by atoms with Crippen molar-refractivity contribution in [2.45, 2.75) is 23.5 Å². The molecule has 0 aliphatic rings. The van der Waals surface area contributed by atoms with Crippen LogP contribution in [0.1, 0.15) is 11.1 Å². The van der Waals surface area contributed by atoms with Crippen molar-refractivity contribution in [1.29, 1.82) is 0 Å². The Hall–Kier alpha value is -3.16. The number of amides is 1. The highest BCUT2D eigenvalue weighted by atomic mass is 32.2. The van der Waals surface area contributed by atoms with Gasteiger partial charge in [-0.3, -0.25) is 4.79 Å². The molecule has 7 heteroatoms. The van der Waals surface area contributed by atoms with Gasteiger partial charge in [0.05, 0.1) is 6.61 Å². The largest absolute Gasteiger partial charge is 0.392 e. The number of carbonyl (C=O) groups is 1. The molecule has 142 valence electrons. The molecule has 3 rings (SSSR count). The lowest BCUT2D eigenvalue weighted by atomic mass is 10.2. The average Bonchev–Trinajstić information content (AvgIpc) is 2.72. The third-order valence-electron chi connectivity index (χ3n) is 3.81. The van der Waals surface area contributed by atoms with E-state index in [0.29, 0.717) is 11.6 Å². The summed E-state index contributed by atoms with van der Waals surface area (Å²) in [5.74, 6) is 0.242. The van der Waals surface area contributed by atoms with Crippen LogP contribution in [0.2, 0.25) is 0 Å². The molecule has 0 radical (unpaired) electrons. The standard InChI is InChI=1S/C21H20N4O2S/c1-3-19(27)23-16-7-9-18(10-8-16)28-20-14(2)12-22-21(25-20)24-17-6-4-5-15(11-17)13-26/h3-12,26H,1,13H2,2H3,(H,23,27)(H,22,24,25). The van der Waals surface area contributed by atoms with E-state index in [0.717, 1.165) is 26.7 Å². The van der Waals surface area contributed by atoms with Gasteiger partial charge in [-0.25, -0.2) is 9.97 Å². The second-order valence-electron chi connectivity index (χ2n) is 5.99. The van der Waals surface area contributed by atoms with Gasteiger partial charge in [0, 0.05) is 28.0 Å². The Bertz CT molecular complexity index is 990. The summed E-state index contributed by atoms with van der Waals surface area (Å²) in [5.41, 5.74) is 3.30. The Balaban J connectivity index is 1.74. The Labute approximate surface area is 167 Å². The molecule has 28 heavy (non-hydrogen) atoms. The first-order chi connectivity index (χ1) is 13.6. The van der Waals surface area contributed by atoms with E-state index in [1.165, 1.54) is 17.8 Å². The molecular formula is C21H20N4O2S. The highest BCUT2D eigenvalue weighted by Crippen LogP contribution is 2.30. The van der Waals surface area contributed by atoms with Gasteiger partial charge in [-0.05, 0) is 55.0 Å². The third kappa shape index (κ3) is 5.18. The second kappa shape index (κ2) is 9.16. The third-order valence-corrected chi connectivity index (χ3v) is 4.93. The van der Waals surface area contributed by atoms with Gasteiger partial charge in [0.2, 0.25) is 11.9 Å². The predicted octanol–water partition coefficient (Wildman–Crippen LogP) is 4.30. The van der Waals surface area contributed by atoms with E-state index in [9.17, 15) is 9.90 Å². The number of carbonyl (C=O) groups excluding carboxylic acids is 1. The molecule has 0 aliphatic heterocycles. The minimum Gasteiger partial charge on any atom is -0.392 e. The van der Waals surface area contributed by atoms with Gasteiger partial charge in [-0.1, -0.05) is 30.5 Å². The molecule has 1 heterocycles. The molecular weight excluding hydrogens is 372 g/mol.